The van der Waals surface area contributed by atoms with Crippen LogP contribution in [-0.4, -0.2) is 48.8 Å². The molecular formula is C31H38N4O3. The second-order valence-corrected chi connectivity index (χ2v) is 10.5. The van der Waals surface area contributed by atoms with Crippen molar-refractivity contribution in [1.29, 1.82) is 0 Å². The molecule has 38 heavy (non-hydrogen) atoms. The monoisotopic (exact) mass is 514 g/mol. The summed E-state index contributed by atoms with van der Waals surface area (Å²) in [5.41, 5.74) is 4.66. The Balaban J connectivity index is 1.48. The number of ether oxygens (including phenoxy) is 2. The Morgan fingerprint density at radius 3 is 2.79 bits per heavy atom. The highest BCUT2D eigenvalue weighted by Gasteiger charge is 2.43. The fourth-order valence-corrected chi connectivity index (χ4v) is 6.18. The number of benzene rings is 2. The average Bonchev–Trinajstić information content (AvgIpc) is 2.94. The molecule has 0 radical (unpaired) electrons. The molecule has 6 rings (SSSR count). The van der Waals surface area contributed by atoms with Crippen molar-refractivity contribution in [3.05, 3.63) is 71.9 Å². The van der Waals surface area contributed by atoms with E-state index in [9.17, 15) is 4.79 Å². The summed E-state index contributed by atoms with van der Waals surface area (Å²) in [6, 6.07) is 11.6. The largest absolute Gasteiger partial charge is 0.497 e. The number of hydrogen-bond donors (Lipinski definition) is 2. The predicted molar refractivity (Wildman–Crippen MR) is 152 cm³/mol. The van der Waals surface area contributed by atoms with Gasteiger partial charge in [0.15, 0.2) is 0 Å². The van der Waals surface area contributed by atoms with Gasteiger partial charge in [0.2, 0.25) is 0 Å². The van der Waals surface area contributed by atoms with Gasteiger partial charge in [-0.1, -0.05) is 6.08 Å². The lowest BCUT2D eigenvalue weighted by molar-refractivity contribution is 0.00340. The molecule has 2 aromatic carbocycles. The SMILES string of the molecule is C=CC1CN2CCC1CC2C(NC(=O)Nc1cc(C)c(OCC)cc1C)c1ccnc2ccc(OC)cc12. The van der Waals surface area contributed by atoms with E-state index in [1.807, 2.05) is 63.4 Å². The Labute approximate surface area is 225 Å². The zero-order chi connectivity index (χ0) is 26.8. The number of aryl methyl sites for hydroxylation is 2. The number of hydrogen-bond acceptors (Lipinski definition) is 5. The van der Waals surface area contributed by atoms with E-state index in [1.54, 1.807) is 7.11 Å². The normalized spacial score (nSPS) is 23.1. The molecule has 5 atom stereocenters. The van der Waals surface area contributed by atoms with Gasteiger partial charge in [-0.15, -0.1) is 6.58 Å². The standard InChI is InChI=1S/C31H38N4O3/c1-6-21-18-35-13-11-22(21)16-28(35)30(24-10-12-32-26-9-8-23(37-5)17-25(24)26)34-31(36)33-27-14-20(4)29(38-7-2)15-19(27)3/h6,8-10,12,14-15,17,21-22,28,30H,1,7,11,13,16,18H2,2-5H3,(H2,33,34,36). The Kier molecular flexibility index (Phi) is 7.56. The van der Waals surface area contributed by atoms with Crippen LogP contribution in [0.4, 0.5) is 10.5 Å². The first-order chi connectivity index (χ1) is 18.4. The van der Waals surface area contributed by atoms with E-state index >= 15 is 0 Å². The molecule has 1 aromatic heterocycles. The molecular weight excluding hydrogens is 476 g/mol. The first-order valence-corrected chi connectivity index (χ1v) is 13.5. The van der Waals surface area contributed by atoms with E-state index in [-0.39, 0.29) is 18.1 Å². The van der Waals surface area contributed by atoms with Crippen molar-refractivity contribution < 1.29 is 14.3 Å². The molecule has 3 saturated heterocycles. The summed E-state index contributed by atoms with van der Waals surface area (Å²) in [5.74, 6) is 2.69. The van der Waals surface area contributed by atoms with Gasteiger partial charge in [0.05, 0.1) is 25.3 Å². The van der Waals surface area contributed by atoms with E-state index < -0.39 is 0 Å². The first-order valence-electron chi connectivity index (χ1n) is 13.5. The number of carbonyl (C=O) groups excluding carboxylic acids is 1. The Morgan fingerprint density at radius 2 is 2.08 bits per heavy atom. The molecule has 0 spiro atoms. The molecule has 7 heteroatoms. The molecule has 3 aromatic rings. The summed E-state index contributed by atoms with van der Waals surface area (Å²) < 4.78 is 11.3. The lowest BCUT2D eigenvalue weighted by atomic mass is 9.73. The third kappa shape index (κ3) is 5.07. The van der Waals surface area contributed by atoms with Crippen LogP contribution < -0.4 is 20.1 Å². The number of carbonyl (C=O) groups is 1. The number of rotatable bonds is 8. The van der Waals surface area contributed by atoms with Crippen molar-refractivity contribution in [3.63, 3.8) is 0 Å². The maximum Gasteiger partial charge on any atom is 0.319 e. The minimum absolute atomic E-state index is 0.177. The number of anilines is 1. The van der Waals surface area contributed by atoms with Crippen LogP contribution in [0.25, 0.3) is 10.9 Å². The summed E-state index contributed by atoms with van der Waals surface area (Å²) in [5, 5.41) is 7.48. The van der Waals surface area contributed by atoms with Crippen molar-refractivity contribution in [2.45, 2.75) is 45.7 Å². The van der Waals surface area contributed by atoms with Gasteiger partial charge in [0, 0.05) is 29.9 Å². The molecule has 0 saturated carbocycles. The van der Waals surface area contributed by atoms with Crippen LogP contribution in [-0.2, 0) is 0 Å². The van der Waals surface area contributed by atoms with Gasteiger partial charge in [-0.05, 0) is 105 Å². The Morgan fingerprint density at radius 1 is 1.24 bits per heavy atom. The summed E-state index contributed by atoms with van der Waals surface area (Å²) >= 11 is 0. The number of amides is 2. The molecule has 4 heterocycles. The van der Waals surface area contributed by atoms with Crippen LogP contribution in [0.5, 0.6) is 11.5 Å². The van der Waals surface area contributed by atoms with E-state index in [0.29, 0.717) is 18.4 Å². The highest BCUT2D eigenvalue weighted by molar-refractivity contribution is 5.91. The predicted octanol–water partition coefficient (Wildman–Crippen LogP) is 6.02. The second-order valence-electron chi connectivity index (χ2n) is 10.5. The summed E-state index contributed by atoms with van der Waals surface area (Å²) in [4.78, 5) is 20.7. The van der Waals surface area contributed by atoms with E-state index in [2.05, 4.69) is 33.2 Å². The van der Waals surface area contributed by atoms with Gasteiger partial charge in [0.1, 0.15) is 11.5 Å². The van der Waals surface area contributed by atoms with Crippen molar-refractivity contribution in [3.8, 4) is 11.5 Å². The average molecular weight is 515 g/mol. The van der Waals surface area contributed by atoms with Crippen LogP contribution in [0.3, 0.4) is 0 Å². The van der Waals surface area contributed by atoms with Crippen LogP contribution in [0.1, 0.15) is 42.5 Å². The minimum Gasteiger partial charge on any atom is -0.497 e. The van der Waals surface area contributed by atoms with E-state index in [0.717, 1.165) is 64.3 Å². The number of urea groups is 1. The fraction of sp³-hybridized carbons (Fsp3) is 0.419. The zero-order valence-corrected chi connectivity index (χ0v) is 22.8. The molecule has 200 valence electrons. The molecule has 3 aliphatic heterocycles. The molecule has 2 N–H and O–H groups in total. The van der Waals surface area contributed by atoms with Gasteiger partial charge in [-0.3, -0.25) is 9.88 Å². The maximum atomic E-state index is 13.6. The van der Waals surface area contributed by atoms with Crippen molar-refractivity contribution in [2.75, 3.05) is 32.1 Å². The third-order valence-corrected chi connectivity index (χ3v) is 8.21. The number of fused-ring (bicyclic) bond motifs is 4. The number of methoxy groups -OCH3 is 1. The molecule has 3 fully saturated rings. The zero-order valence-electron chi connectivity index (χ0n) is 22.8. The summed E-state index contributed by atoms with van der Waals surface area (Å²) in [6.07, 6.45) is 6.11. The topological polar surface area (TPSA) is 75.7 Å². The highest BCUT2D eigenvalue weighted by atomic mass is 16.5. The number of pyridine rings is 1. The van der Waals surface area contributed by atoms with Crippen LogP contribution in [0.15, 0.2) is 55.3 Å². The molecule has 2 bridgehead atoms. The molecule has 7 nitrogen and oxygen atoms in total. The van der Waals surface area contributed by atoms with Gasteiger partial charge < -0.3 is 20.1 Å². The second kappa shape index (κ2) is 11.0. The number of piperidine rings is 3. The lowest BCUT2D eigenvalue weighted by Gasteiger charge is -2.51. The Bertz CT molecular complexity index is 1340. The summed E-state index contributed by atoms with van der Waals surface area (Å²) in [7, 11) is 1.67. The van der Waals surface area contributed by atoms with E-state index in [4.69, 9.17) is 9.47 Å². The molecule has 2 amide bonds. The van der Waals surface area contributed by atoms with Crippen molar-refractivity contribution >= 4 is 22.6 Å². The van der Waals surface area contributed by atoms with Crippen LogP contribution in [0.2, 0.25) is 0 Å². The highest BCUT2D eigenvalue weighted by Crippen LogP contribution is 2.42. The van der Waals surface area contributed by atoms with Crippen molar-refractivity contribution in [2.24, 2.45) is 11.8 Å². The molecule has 5 unspecified atom stereocenters. The van der Waals surface area contributed by atoms with Gasteiger partial charge in [-0.25, -0.2) is 4.79 Å². The van der Waals surface area contributed by atoms with Crippen LogP contribution in [0, 0.1) is 25.7 Å². The quantitative estimate of drug-likeness (QED) is 0.360. The lowest BCUT2D eigenvalue weighted by Crippen LogP contribution is -2.57. The number of nitrogens with zero attached hydrogens (tertiary/aromatic N) is 2. The smallest absolute Gasteiger partial charge is 0.319 e. The molecule has 3 aliphatic rings. The van der Waals surface area contributed by atoms with Gasteiger partial charge in [-0.2, -0.15) is 0 Å². The third-order valence-electron chi connectivity index (χ3n) is 8.21. The summed E-state index contributed by atoms with van der Waals surface area (Å²) in [6.45, 7) is 12.6. The van der Waals surface area contributed by atoms with Crippen LogP contribution >= 0.6 is 0 Å². The minimum atomic E-state index is -0.225. The Hall–Kier alpha value is -3.58. The van der Waals surface area contributed by atoms with Crippen molar-refractivity contribution in [1.82, 2.24) is 15.2 Å². The number of aromatic nitrogens is 1. The first kappa shape index (κ1) is 26.0. The fourth-order valence-electron chi connectivity index (χ4n) is 6.18. The van der Waals surface area contributed by atoms with E-state index in [1.165, 1.54) is 6.42 Å². The van der Waals surface area contributed by atoms with Gasteiger partial charge >= 0.3 is 6.03 Å². The van der Waals surface area contributed by atoms with Gasteiger partial charge in [0.25, 0.3) is 0 Å². The maximum absolute atomic E-state index is 13.6. The molecule has 0 aliphatic carbocycles. The number of nitrogens with one attached hydrogen (secondary N) is 2.